The summed E-state index contributed by atoms with van der Waals surface area (Å²) < 4.78 is 13.2. The van der Waals surface area contributed by atoms with E-state index in [1.807, 2.05) is 0 Å². The molecule has 194 valence electrons. The summed E-state index contributed by atoms with van der Waals surface area (Å²) in [5.41, 5.74) is -0.0662. The van der Waals surface area contributed by atoms with Crippen LogP contribution in [0.15, 0.2) is 48.8 Å². The highest BCUT2D eigenvalue weighted by Gasteiger charge is 2.23. The van der Waals surface area contributed by atoms with Crippen molar-refractivity contribution in [2.45, 2.75) is 25.8 Å². The molecule has 4 amide bonds. The molecule has 11 nitrogen and oxygen atoms in total. The van der Waals surface area contributed by atoms with Crippen LogP contribution >= 0.6 is 11.6 Å². The van der Waals surface area contributed by atoms with Crippen LogP contribution in [0.4, 0.5) is 20.6 Å². The number of nitrogens with one attached hydrogen (secondary N) is 5. The predicted octanol–water partition coefficient (Wildman–Crippen LogP) is 3.87. The highest BCUT2D eigenvalue weighted by atomic mass is 35.5. The van der Waals surface area contributed by atoms with Crippen molar-refractivity contribution in [3.8, 4) is 0 Å². The molecule has 37 heavy (non-hydrogen) atoms. The first-order chi connectivity index (χ1) is 17.4. The van der Waals surface area contributed by atoms with Gasteiger partial charge < -0.3 is 31.4 Å². The third-order valence-corrected chi connectivity index (χ3v) is 5.45. The summed E-state index contributed by atoms with van der Waals surface area (Å²) in [4.78, 5) is 55.0. The topological polar surface area (TPSA) is 165 Å². The van der Waals surface area contributed by atoms with Crippen LogP contribution in [-0.4, -0.2) is 51.0 Å². The van der Waals surface area contributed by atoms with Crippen molar-refractivity contribution in [3.63, 3.8) is 0 Å². The number of amides is 4. The zero-order valence-corrected chi connectivity index (χ0v) is 20.6. The number of hydrogen-bond acceptors (Lipinski definition) is 5. The number of H-pyrrole nitrogens is 1. The van der Waals surface area contributed by atoms with Gasteiger partial charge in [-0.3, -0.25) is 14.4 Å². The average molecular weight is 531 g/mol. The quantitative estimate of drug-likeness (QED) is 0.246. The third kappa shape index (κ3) is 7.51. The van der Waals surface area contributed by atoms with Crippen molar-refractivity contribution in [1.82, 2.24) is 20.6 Å². The minimum absolute atomic E-state index is 0.0270. The number of anilines is 2. The molecule has 0 unspecified atom stereocenters. The van der Waals surface area contributed by atoms with Gasteiger partial charge in [0, 0.05) is 23.5 Å². The van der Waals surface area contributed by atoms with Crippen molar-refractivity contribution in [2.75, 3.05) is 17.2 Å². The molecule has 0 atom stereocenters. The van der Waals surface area contributed by atoms with Crippen LogP contribution in [0.3, 0.4) is 0 Å². The van der Waals surface area contributed by atoms with Crippen molar-refractivity contribution in [1.29, 1.82) is 0 Å². The molecule has 0 bridgehead atoms. The largest absolute Gasteiger partial charge is 0.465 e. The number of aromatic amines is 1. The monoisotopic (exact) mass is 530 g/mol. The molecular weight excluding hydrogens is 507 g/mol. The van der Waals surface area contributed by atoms with Gasteiger partial charge in [-0.15, -0.1) is 0 Å². The van der Waals surface area contributed by atoms with Crippen LogP contribution in [0.2, 0.25) is 5.02 Å². The molecule has 3 aromatic rings. The van der Waals surface area contributed by atoms with Gasteiger partial charge in [-0.25, -0.2) is 14.2 Å². The fourth-order valence-corrected chi connectivity index (χ4v) is 3.52. The Morgan fingerprint density at radius 2 is 1.62 bits per heavy atom. The standard InChI is InChI=1S/C24H24ClFN6O5/c1-24(2,32-23(36)37)9-10-27-21(34)18-19(29-12-28-18)22(35)31-15-6-4-14(5-7-15)30-20(33)16-8-3-13(26)11-17(16)25/h3-8,11-12,32H,9-10H2,1-2H3,(H,27,34)(H,28,29)(H,30,33)(H,31,35)(H,36,37). The molecule has 3 rings (SSSR count). The maximum absolute atomic E-state index is 13.2. The lowest BCUT2D eigenvalue weighted by molar-refractivity contribution is 0.0932. The van der Waals surface area contributed by atoms with E-state index < -0.39 is 35.2 Å². The molecule has 2 aromatic carbocycles. The van der Waals surface area contributed by atoms with Crippen LogP contribution in [0.1, 0.15) is 51.6 Å². The average Bonchev–Trinajstić information content (AvgIpc) is 3.29. The number of aromatic nitrogens is 2. The van der Waals surface area contributed by atoms with Gasteiger partial charge >= 0.3 is 6.09 Å². The molecule has 0 saturated heterocycles. The van der Waals surface area contributed by atoms with E-state index in [4.69, 9.17) is 16.7 Å². The first kappa shape index (κ1) is 27.1. The fraction of sp³-hybridized carbons (Fsp3) is 0.208. The second-order valence-electron chi connectivity index (χ2n) is 8.56. The Labute approximate surface area is 215 Å². The lowest BCUT2D eigenvalue weighted by Crippen LogP contribution is -2.45. The van der Waals surface area contributed by atoms with Crippen LogP contribution in [-0.2, 0) is 0 Å². The summed E-state index contributed by atoms with van der Waals surface area (Å²) in [5, 5.41) is 19.0. The zero-order chi connectivity index (χ0) is 27.2. The molecule has 0 saturated carbocycles. The molecule has 0 aliphatic rings. The van der Waals surface area contributed by atoms with E-state index in [9.17, 15) is 23.6 Å². The second-order valence-corrected chi connectivity index (χ2v) is 8.96. The molecule has 1 heterocycles. The summed E-state index contributed by atoms with van der Waals surface area (Å²) in [6, 6.07) is 9.57. The number of imidazole rings is 1. The lowest BCUT2D eigenvalue weighted by atomic mass is 10.0. The van der Waals surface area contributed by atoms with E-state index >= 15 is 0 Å². The summed E-state index contributed by atoms with van der Waals surface area (Å²) >= 11 is 5.91. The van der Waals surface area contributed by atoms with Gasteiger partial charge in [-0.05, 0) is 62.7 Å². The number of benzene rings is 2. The van der Waals surface area contributed by atoms with Crippen LogP contribution in [0.25, 0.3) is 0 Å². The zero-order valence-electron chi connectivity index (χ0n) is 19.8. The Kier molecular flexibility index (Phi) is 8.45. The lowest BCUT2D eigenvalue weighted by Gasteiger charge is -2.24. The van der Waals surface area contributed by atoms with Crippen LogP contribution < -0.4 is 21.3 Å². The minimum Gasteiger partial charge on any atom is -0.465 e. The van der Waals surface area contributed by atoms with E-state index in [1.165, 1.54) is 36.7 Å². The van der Waals surface area contributed by atoms with E-state index in [1.54, 1.807) is 13.8 Å². The van der Waals surface area contributed by atoms with Gasteiger partial charge in [-0.1, -0.05) is 11.6 Å². The van der Waals surface area contributed by atoms with Crippen molar-refractivity contribution < 1.29 is 28.7 Å². The molecule has 1 aromatic heterocycles. The highest BCUT2D eigenvalue weighted by molar-refractivity contribution is 6.34. The first-order valence-electron chi connectivity index (χ1n) is 11.0. The van der Waals surface area contributed by atoms with Gasteiger partial charge in [0.05, 0.1) is 16.9 Å². The summed E-state index contributed by atoms with van der Waals surface area (Å²) in [6.07, 6.45) is 0.354. The fourth-order valence-electron chi connectivity index (χ4n) is 3.27. The SMILES string of the molecule is CC(C)(CCNC(=O)c1[nH]cnc1C(=O)Nc1ccc(NC(=O)c2ccc(F)cc2Cl)cc1)NC(=O)O. The van der Waals surface area contributed by atoms with Crippen LogP contribution in [0, 0.1) is 5.82 Å². The maximum Gasteiger partial charge on any atom is 0.405 e. The van der Waals surface area contributed by atoms with Gasteiger partial charge in [0.15, 0.2) is 5.69 Å². The normalized spacial score (nSPS) is 10.9. The molecule has 0 aliphatic heterocycles. The molecule has 0 fully saturated rings. The van der Waals surface area contributed by atoms with Crippen molar-refractivity contribution in [2.24, 2.45) is 0 Å². The molecule has 6 N–H and O–H groups in total. The smallest absolute Gasteiger partial charge is 0.405 e. The maximum atomic E-state index is 13.2. The molecule has 0 spiro atoms. The van der Waals surface area contributed by atoms with Crippen molar-refractivity contribution in [3.05, 3.63) is 76.6 Å². The molecular formula is C24H24ClFN6O5. The third-order valence-electron chi connectivity index (χ3n) is 5.14. The van der Waals surface area contributed by atoms with Crippen LogP contribution in [0.5, 0.6) is 0 Å². The number of carbonyl (C=O) groups is 4. The molecule has 0 aliphatic carbocycles. The Hall–Kier alpha value is -4.45. The summed E-state index contributed by atoms with van der Waals surface area (Å²) in [7, 11) is 0. The van der Waals surface area contributed by atoms with E-state index in [2.05, 4.69) is 31.2 Å². The van der Waals surface area contributed by atoms with Gasteiger partial charge in [0.1, 0.15) is 11.5 Å². The Balaban J connectivity index is 1.58. The molecule has 13 heteroatoms. The second kappa shape index (κ2) is 11.5. The predicted molar refractivity (Wildman–Crippen MR) is 135 cm³/mol. The number of rotatable bonds is 9. The van der Waals surface area contributed by atoms with Gasteiger partial charge in [0.25, 0.3) is 17.7 Å². The summed E-state index contributed by atoms with van der Waals surface area (Å²) in [6.45, 7) is 3.51. The Morgan fingerprint density at radius 1 is 1.00 bits per heavy atom. The Morgan fingerprint density at radius 3 is 2.22 bits per heavy atom. The van der Waals surface area contributed by atoms with E-state index in [0.717, 1.165) is 12.1 Å². The molecule has 0 radical (unpaired) electrons. The van der Waals surface area contributed by atoms with Crippen molar-refractivity contribution >= 4 is 46.8 Å². The highest BCUT2D eigenvalue weighted by Crippen LogP contribution is 2.20. The van der Waals surface area contributed by atoms with E-state index in [-0.39, 0.29) is 28.5 Å². The van der Waals surface area contributed by atoms with Gasteiger partial charge in [0.2, 0.25) is 0 Å². The number of carbonyl (C=O) groups excluding carboxylic acids is 3. The number of hydrogen-bond donors (Lipinski definition) is 6. The van der Waals surface area contributed by atoms with E-state index in [0.29, 0.717) is 17.8 Å². The number of nitrogens with zero attached hydrogens (tertiary/aromatic N) is 1. The first-order valence-corrected chi connectivity index (χ1v) is 11.3. The Bertz CT molecular complexity index is 1330. The van der Waals surface area contributed by atoms with Gasteiger partial charge in [-0.2, -0.15) is 0 Å². The number of halogens is 2. The number of carboxylic acid groups (broad SMARTS) is 1. The summed E-state index contributed by atoms with van der Waals surface area (Å²) in [5.74, 6) is -2.31. The minimum atomic E-state index is -1.17.